The number of hydrogen-bond donors (Lipinski definition) is 1. The van der Waals surface area contributed by atoms with E-state index in [1.807, 2.05) is 0 Å². The molecule has 0 aromatic heterocycles. The van der Waals surface area contributed by atoms with Gasteiger partial charge in [-0.3, -0.25) is 9.59 Å². The summed E-state index contributed by atoms with van der Waals surface area (Å²) in [6.07, 6.45) is 85.4. The maximum atomic E-state index is 12.3. The van der Waals surface area contributed by atoms with E-state index in [4.69, 9.17) is 9.47 Å². The van der Waals surface area contributed by atoms with Crippen molar-refractivity contribution in [2.45, 2.75) is 290 Å². The Morgan fingerprint density at radius 3 is 0.857 bits per heavy atom. The molecule has 0 radical (unpaired) electrons. The van der Waals surface area contributed by atoms with Gasteiger partial charge in [0.1, 0.15) is 6.61 Å². The number of unbranched alkanes of at least 4 members (excludes halogenated alkanes) is 30. The molecule has 0 fully saturated rings. The molecule has 5 nitrogen and oxygen atoms in total. The molecule has 402 valence electrons. The van der Waals surface area contributed by atoms with Crippen LogP contribution in [0.1, 0.15) is 284 Å². The highest BCUT2D eigenvalue weighted by Crippen LogP contribution is 2.17. The van der Waals surface area contributed by atoms with Crippen LogP contribution in [0.2, 0.25) is 0 Å². The van der Waals surface area contributed by atoms with Gasteiger partial charge in [-0.05, 0) is 89.9 Å². The van der Waals surface area contributed by atoms with Crippen molar-refractivity contribution in [3.05, 3.63) is 97.2 Å². The lowest BCUT2D eigenvalue weighted by Crippen LogP contribution is -2.28. The first kappa shape index (κ1) is 66.8. The Kier molecular flexibility index (Phi) is 57.4. The molecular weight excluding hydrogens is 861 g/mol. The minimum absolute atomic E-state index is 0.0693. The summed E-state index contributed by atoms with van der Waals surface area (Å²) in [5, 5.41) is 9.67. The molecular formula is C65H112O5. The number of carbonyl (C=O) groups is 2. The molecule has 5 heteroatoms. The molecule has 0 saturated carbocycles. The Balaban J connectivity index is 3.46. The molecule has 1 unspecified atom stereocenters. The second kappa shape index (κ2) is 60.1. The van der Waals surface area contributed by atoms with E-state index in [0.717, 1.165) is 89.9 Å². The highest BCUT2D eigenvalue weighted by atomic mass is 16.6. The average molecular weight is 974 g/mol. The van der Waals surface area contributed by atoms with Crippen LogP contribution in [0.25, 0.3) is 0 Å². The molecule has 0 saturated heterocycles. The van der Waals surface area contributed by atoms with Crippen LogP contribution < -0.4 is 0 Å². The van der Waals surface area contributed by atoms with Crippen molar-refractivity contribution in [3.8, 4) is 0 Å². The van der Waals surface area contributed by atoms with Crippen molar-refractivity contribution in [1.82, 2.24) is 0 Å². The number of hydrogen-bond acceptors (Lipinski definition) is 5. The molecule has 0 aliphatic rings. The lowest BCUT2D eigenvalue weighted by atomic mass is 10.0. The van der Waals surface area contributed by atoms with E-state index < -0.39 is 6.10 Å². The fraction of sp³-hybridized carbons (Fsp3) is 0.723. The van der Waals surface area contributed by atoms with Gasteiger partial charge in [0.05, 0.1) is 6.61 Å². The van der Waals surface area contributed by atoms with Crippen LogP contribution in [0.4, 0.5) is 0 Å². The third kappa shape index (κ3) is 57.4. The van der Waals surface area contributed by atoms with E-state index in [1.165, 1.54) is 167 Å². The van der Waals surface area contributed by atoms with E-state index in [1.54, 1.807) is 0 Å². The number of allylic oxidation sites excluding steroid dienone is 16. The molecule has 0 aliphatic carbocycles. The number of rotatable bonds is 54. The predicted octanol–water partition coefficient (Wildman–Crippen LogP) is 20.3. The van der Waals surface area contributed by atoms with Gasteiger partial charge >= 0.3 is 11.9 Å². The zero-order chi connectivity index (χ0) is 50.6. The van der Waals surface area contributed by atoms with Gasteiger partial charge in [0.15, 0.2) is 6.10 Å². The third-order valence-corrected chi connectivity index (χ3v) is 12.9. The Hall–Kier alpha value is -3.18. The van der Waals surface area contributed by atoms with Gasteiger partial charge in [-0.2, -0.15) is 0 Å². The summed E-state index contributed by atoms with van der Waals surface area (Å²) < 4.78 is 10.7. The fourth-order valence-electron chi connectivity index (χ4n) is 8.48. The number of carbonyl (C=O) groups excluding carboxylic acids is 2. The van der Waals surface area contributed by atoms with Crippen molar-refractivity contribution >= 4 is 11.9 Å². The van der Waals surface area contributed by atoms with E-state index in [-0.39, 0.29) is 25.2 Å². The summed E-state index contributed by atoms with van der Waals surface area (Å²) >= 11 is 0. The molecule has 0 amide bonds. The molecule has 0 rings (SSSR count). The smallest absolute Gasteiger partial charge is 0.306 e. The molecule has 1 atom stereocenters. The van der Waals surface area contributed by atoms with E-state index in [9.17, 15) is 14.7 Å². The van der Waals surface area contributed by atoms with Gasteiger partial charge in [-0.25, -0.2) is 0 Å². The van der Waals surface area contributed by atoms with E-state index in [2.05, 4.69) is 111 Å². The van der Waals surface area contributed by atoms with Crippen LogP contribution in [0, 0.1) is 0 Å². The first-order chi connectivity index (χ1) is 34.6. The minimum Gasteiger partial charge on any atom is -0.462 e. The van der Waals surface area contributed by atoms with Gasteiger partial charge in [-0.1, -0.05) is 278 Å². The average Bonchev–Trinajstić information content (AvgIpc) is 3.36. The van der Waals surface area contributed by atoms with Gasteiger partial charge in [-0.15, -0.1) is 0 Å². The number of ether oxygens (including phenoxy) is 2. The summed E-state index contributed by atoms with van der Waals surface area (Å²) in [6.45, 7) is 3.94. The highest BCUT2D eigenvalue weighted by molar-refractivity contribution is 5.70. The zero-order valence-electron chi connectivity index (χ0n) is 46.0. The van der Waals surface area contributed by atoms with Crippen LogP contribution in [-0.2, 0) is 19.1 Å². The maximum Gasteiger partial charge on any atom is 0.306 e. The van der Waals surface area contributed by atoms with Gasteiger partial charge in [0.2, 0.25) is 0 Å². The molecule has 0 heterocycles. The summed E-state index contributed by atoms with van der Waals surface area (Å²) in [7, 11) is 0. The quantitative estimate of drug-likeness (QED) is 0.0373. The van der Waals surface area contributed by atoms with Crippen molar-refractivity contribution < 1.29 is 24.2 Å². The van der Waals surface area contributed by atoms with Crippen molar-refractivity contribution in [3.63, 3.8) is 0 Å². The number of aliphatic hydroxyl groups excluding tert-OH is 1. The molecule has 0 aromatic rings. The first-order valence-corrected chi connectivity index (χ1v) is 29.8. The van der Waals surface area contributed by atoms with Crippen molar-refractivity contribution in [1.29, 1.82) is 0 Å². The summed E-state index contributed by atoms with van der Waals surface area (Å²) in [4.78, 5) is 24.6. The second-order valence-corrected chi connectivity index (χ2v) is 19.7. The number of aliphatic hydroxyl groups is 1. The maximum absolute atomic E-state index is 12.3. The molecule has 0 aliphatic heterocycles. The molecule has 1 N–H and O–H groups in total. The minimum atomic E-state index is -0.778. The van der Waals surface area contributed by atoms with Crippen LogP contribution in [-0.4, -0.2) is 36.4 Å². The Bertz CT molecular complexity index is 1330. The summed E-state index contributed by atoms with van der Waals surface area (Å²) in [5.41, 5.74) is 0. The van der Waals surface area contributed by atoms with Gasteiger partial charge in [0, 0.05) is 12.8 Å². The van der Waals surface area contributed by atoms with Crippen LogP contribution >= 0.6 is 0 Å². The molecule has 70 heavy (non-hydrogen) atoms. The van der Waals surface area contributed by atoms with Crippen molar-refractivity contribution in [2.24, 2.45) is 0 Å². The Labute approximate surface area is 434 Å². The van der Waals surface area contributed by atoms with Crippen molar-refractivity contribution in [2.75, 3.05) is 13.2 Å². The number of esters is 2. The monoisotopic (exact) mass is 973 g/mol. The largest absolute Gasteiger partial charge is 0.462 e. The van der Waals surface area contributed by atoms with Crippen LogP contribution in [0.5, 0.6) is 0 Å². The zero-order valence-corrected chi connectivity index (χ0v) is 46.0. The molecule has 0 bridgehead atoms. The molecule has 0 spiro atoms. The van der Waals surface area contributed by atoms with Gasteiger partial charge < -0.3 is 14.6 Å². The standard InChI is InChI=1S/C65H112O5/c1-3-5-7-9-11-13-15-17-19-21-23-25-27-28-29-30-31-32-33-34-35-36-38-40-42-44-46-48-50-52-54-56-58-60-65(68)70-63(61-66)62-69-64(67)59-57-55-53-51-49-47-45-43-41-39-37-26-24-22-20-18-16-14-12-10-8-6-4-2/h5-8,11-14,17-20,23-26,63,66H,3-4,9-10,15-16,21-22,27-62H2,1-2H3/b7-5-,8-6-,13-11-,14-12-,19-17-,20-18-,25-23-,26-24-. The van der Waals surface area contributed by atoms with Gasteiger partial charge in [0.25, 0.3) is 0 Å². The van der Waals surface area contributed by atoms with E-state index in [0.29, 0.717) is 12.8 Å². The summed E-state index contributed by atoms with van der Waals surface area (Å²) in [5.74, 6) is -0.588. The fourth-order valence-corrected chi connectivity index (χ4v) is 8.48. The first-order valence-electron chi connectivity index (χ1n) is 29.8. The normalized spacial score (nSPS) is 12.9. The Morgan fingerprint density at radius 1 is 0.329 bits per heavy atom. The van der Waals surface area contributed by atoms with E-state index >= 15 is 0 Å². The third-order valence-electron chi connectivity index (χ3n) is 12.9. The summed E-state index contributed by atoms with van der Waals surface area (Å²) in [6, 6.07) is 0. The van der Waals surface area contributed by atoms with Crippen LogP contribution in [0.3, 0.4) is 0 Å². The lowest BCUT2D eigenvalue weighted by Gasteiger charge is -2.15. The highest BCUT2D eigenvalue weighted by Gasteiger charge is 2.16. The molecule has 0 aromatic carbocycles. The predicted molar refractivity (Wildman–Crippen MR) is 306 cm³/mol. The topological polar surface area (TPSA) is 72.8 Å². The van der Waals surface area contributed by atoms with Crippen LogP contribution in [0.15, 0.2) is 97.2 Å². The SMILES string of the molecule is CC/C=C\C/C=C\C/C=C\C/C=C\CCCCCCCCCCCCCCCCCCCCCCC(=O)OC(CO)COC(=O)CCCCCCCCCCCC/C=C\C/C=C\C/C=C\C/C=C\CC. The lowest BCUT2D eigenvalue weighted by molar-refractivity contribution is -0.161. The second-order valence-electron chi connectivity index (χ2n) is 19.7. The Morgan fingerprint density at radius 2 is 0.571 bits per heavy atom.